The molecule has 0 atom stereocenters. The minimum Gasteiger partial charge on any atom is -0.395 e. The molecule has 1 N–H and O–H groups in total. The Hall–Kier alpha value is -2.18. The van der Waals surface area contributed by atoms with E-state index in [0.29, 0.717) is 30.9 Å². The van der Waals surface area contributed by atoms with Crippen LogP contribution in [0.2, 0.25) is 0 Å². The van der Waals surface area contributed by atoms with E-state index in [0.717, 1.165) is 55.5 Å². The molecule has 1 aliphatic carbocycles. The van der Waals surface area contributed by atoms with E-state index in [9.17, 15) is 14.7 Å². The van der Waals surface area contributed by atoms with Crippen molar-refractivity contribution in [1.29, 1.82) is 0 Å². The lowest BCUT2D eigenvalue weighted by Gasteiger charge is -2.36. The number of amides is 2. The number of carbonyl (C=O) groups excluding carboxylic acids is 2. The number of aliphatic hydroxyl groups excluding tert-OH is 1. The lowest BCUT2D eigenvalue weighted by molar-refractivity contribution is -0.141. The van der Waals surface area contributed by atoms with Crippen LogP contribution in [0.25, 0.3) is 5.57 Å². The van der Waals surface area contributed by atoms with Gasteiger partial charge in [0, 0.05) is 38.8 Å². The number of β-amino-alcohol motifs (C(OH)–C–C–N with tert-alkyl or cyclic N) is 1. The third-order valence-corrected chi connectivity index (χ3v) is 6.79. The summed E-state index contributed by atoms with van der Waals surface area (Å²) in [5, 5.41) is 9.23. The van der Waals surface area contributed by atoms with Crippen molar-refractivity contribution in [3.63, 3.8) is 0 Å². The Morgan fingerprint density at radius 2 is 1.67 bits per heavy atom. The van der Waals surface area contributed by atoms with E-state index in [1.165, 1.54) is 6.42 Å². The molecule has 2 fully saturated rings. The zero-order chi connectivity index (χ0) is 21.3. The van der Waals surface area contributed by atoms with Gasteiger partial charge in [-0.25, -0.2) is 0 Å². The number of benzene rings is 1. The molecule has 6 heteroatoms. The molecule has 0 unspecified atom stereocenters. The van der Waals surface area contributed by atoms with Crippen LogP contribution in [0.15, 0.2) is 23.9 Å². The summed E-state index contributed by atoms with van der Waals surface area (Å²) in [5.74, 6) is -0.232. The summed E-state index contributed by atoms with van der Waals surface area (Å²) in [6.45, 7) is 7.82. The minimum absolute atomic E-state index is 0.0210. The van der Waals surface area contributed by atoms with E-state index < -0.39 is 0 Å². The highest BCUT2D eigenvalue weighted by Gasteiger charge is 2.45. The largest absolute Gasteiger partial charge is 0.395 e. The molecule has 2 amide bonds. The Balaban J connectivity index is 1.71. The first-order valence-electron chi connectivity index (χ1n) is 11.3. The molecule has 162 valence electrons. The van der Waals surface area contributed by atoms with Crippen LogP contribution in [-0.2, 0) is 9.59 Å². The van der Waals surface area contributed by atoms with Crippen molar-refractivity contribution in [2.45, 2.75) is 52.0 Å². The fourth-order valence-electron chi connectivity index (χ4n) is 5.17. The van der Waals surface area contributed by atoms with E-state index in [2.05, 4.69) is 15.9 Å². The molecular formula is C24H33N3O3. The Kier molecular flexibility index (Phi) is 6.25. The lowest BCUT2D eigenvalue weighted by Crippen LogP contribution is -2.49. The summed E-state index contributed by atoms with van der Waals surface area (Å²) in [5.41, 5.74) is 4.23. The fraction of sp³-hybridized carbons (Fsp3) is 0.583. The summed E-state index contributed by atoms with van der Waals surface area (Å²) in [7, 11) is 0. The number of hydrogen-bond donors (Lipinski definition) is 1. The molecule has 2 heterocycles. The summed E-state index contributed by atoms with van der Waals surface area (Å²) in [4.78, 5) is 33.2. The van der Waals surface area contributed by atoms with Gasteiger partial charge in [0.1, 0.15) is 5.70 Å². The van der Waals surface area contributed by atoms with Crippen molar-refractivity contribution in [3.8, 4) is 0 Å². The topological polar surface area (TPSA) is 64.1 Å². The van der Waals surface area contributed by atoms with Gasteiger partial charge >= 0.3 is 0 Å². The van der Waals surface area contributed by atoms with Crippen LogP contribution in [-0.4, -0.2) is 77.0 Å². The van der Waals surface area contributed by atoms with Gasteiger partial charge in [0.15, 0.2) is 0 Å². The van der Waals surface area contributed by atoms with Gasteiger partial charge in [-0.3, -0.25) is 19.4 Å². The van der Waals surface area contributed by atoms with Crippen LogP contribution in [0.5, 0.6) is 0 Å². The standard InChI is InChI=1S/C24H33N3O3/c1-17-8-9-20(18(2)16-17)21-22(26-12-10-25(11-13-26)14-15-28)24(30)27(23(21)29)19-6-4-3-5-7-19/h8-9,16,19,28H,3-7,10-15H2,1-2H3. The number of hydrogen-bond acceptors (Lipinski definition) is 5. The smallest absolute Gasteiger partial charge is 0.278 e. The highest BCUT2D eigenvalue weighted by molar-refractivity contribution is 6.36. The second-order valence-electron chi connectivity index (χ2n) is 8.87. The van der Waals surface area contributed by atoms with E-state index in [-0.39, 0.29) is 24.5 Å². The molecule has 0 spiro atoms. The van der Waals surface area contributed by atoms with Crippen LogP contribution < -0.4 is 0 Å². The summed E-state index contributed by atoms with van der Waals surface area (Å²) >= 11 is 0. The average molecular weight is 412 g/mol. The predicted molar refractivity (Wildman–Crippen MR) is 117 cm³/mol. The third-order valence-electron chi connectivity index (χ3n) is 6.79. The predicted octanol–water partition coefficient (Wildman–Crippen LogP) is 2.33. The van der Waals surface area contributed by atoms with Crippen molar-refractivity contribution in [1.82, 2.24) is 14.7 Å². The minimum atomic E-state index is -0.119. The molecule has 0 bridgehead atoms. The monoisotopic (exact) mass is 411 g/mol. The Morgan fingerprint density at radius 1 is 0.967 bits per heavy atom. The number of imide groups is 1. The molecule has 6 nitrogen and oxygen atoms in total. The highest BCUT2D eigenvalue weighted by atomic mass is 16.3. The molecule has 3 aliphatic rings. The Labute approximate surface area is 179 Å². The Morgan fingerprint density at radius 3 is 2.30 bits per heavy atom. The molecule has 0 aromatic heterocycles. The quantitative estimate of drug-likeness (QED) is 0.754. The number of aliphatic hydroxyl groups is 1. The number of rotatable bonds is 5. The maximum absolute atomic E-state index is 13.6. The van der Waals surface area contributed by atoms with E-state index in [4.69, 9.17) is 0 Å². The molecule has 30 heavy (non-hydrogen) atoms. The first-order valence-corrected chi connectivity index (χ1v) is 11.3. The van der Waals surface area contributed by atoms with Crippen molar-refractivity contribution in [2.75, 3.05) is 39.3 Å². The maximum Gasteiger partial charge on any atom is 0.278 e. The van der Waals surface area contributed by atoms with Crippen molar-refractivity contribution in [3.05, 3.63) is 40.6 Å². The van der Waals surface area contributed by atoms with Gasteiger partial charge in [0.2, 0.25) is 0 Å². The van der Waals surface area contributed by atoms with Crippen LogP contribution >= 0.6 is 0 Å². The molecular weight excluding hydrogens is 378 g/mol. The molecule has 0 radical (unpaired) electrons. The average Bonchev–Trinajstić information content (AvgIpc) is 3.00. The third kappa shape index (κ3) is 3.91. The van der Waals surface area contributed by atoms with E-state index in [1.54, 1.807) is 4.90 Å². The van der Waals surface area contributed by atoms with Crippen LogP contribution in [0.1, 0.15) is 48.8 Å². The van der Waals surface area contributed by atoms with Crippen LogP contribution in [0.4, 0.5) is 0 Å². The second kappa shape index (κ2) is 8.90. The SMILES string of the molecule is Cc1ccc(C2=C(N3CCN(CCO)CC3)C(=O)N(C3CCCCC3)C2=O)c(C)c1. The Bertz CT molecular complexity index is 849. The molecule has 1 saturated heterocycles. The number of carbonyl (C=O) groups is 2. The van der Waals surface area contributed by atoms with Gasteiger partial charge in [-0.1, -0.05) is 43.0 Å². The van der Waals surface area contributed by atoms with E-state index in [1.807, 2.05) is 26.0 Å². The molecule has 1 aromatic carbocycles. The van der Waals surface area contributed by atoms with Gasteiger partial charge in [-0.05, 0) is 37.8 Å². The normalized spacial score (nSPS) is 21.8. The number of piperazine rings is 1. The van der Waals surface area contributed by atoms with Crippen LogP contribution in [0.3, 0.4) is 0 Å². The fourth-order valence-corrected chi connectivity index (χ4v) is 5.17. The zero-order valence-electron chi connectivity index (χ0n) is 18.2. The summed E-state index contributed by atoms with van der Waals surface area (Å²) in [6, 6.07) is 6.12. The number of aryl methyl sites for hydroxylation is 2. The second-order valence-corrected chi connectivity index (χ2v) is 8.87. The molecule has 2 aliphatic heterocycles. The number of nitrogens with zero attached hydrogens (tertiary/aromatic N) is 3. The van der Waals surface area contributed by atoms with Gasteiger partial charge in [-0.15, -0.1) is 0 Å². The maximum atomic E-state index is 13.6. The lowest BCUT2D eigenvalue weighted by atomic mass is 9.94. The van der Waals surface area contributed by atoms with Gasteiger partial charge < -0.3 is 10.0 Å². The summed E-state index contributed by atoms with van der Waals surface area (Å²) in [6.07, 6.45) is 5.17. The zero-order valence-corrected chi connectivity index (χ0v) is 18.2. The summed E-state index contributed by atoms with van der Waals surface area (Å²) < 4.78 is 0. The first-order chi connectivity index (χ1) is 14.5. The first kappa shape index (κ1) is 21.1. The van der Waals surface area contributed by atoms with Crippen LogP contribution in [0, 0.1) is 13.8 Å². The van der Waals surface area contributed by atoms with E-state index >= 15 is 0 Å². The van der Waals surface area contributed by atoms with Crippen molar-refractivity contribution in [2.24, 2.45) is 0 Å². The van der Waals surface area contributed by atoms with Gasteiger partial charge in [-0.2, -0.15) is 0 Å². The highest BCUT2D eigenvalue weighted by Crippen LogP contribution is 2.37. The molecule has 1 saturated carbocycles. The molecule has 4 rings (SSSR count). The van der Waals surface area contributed by atoms with Gasteiger partial charge in [0.25, 0.3) is 11.8 Å². The van der Waals surface area contributed by atoms with Crippen molar-refractivity contribution < 1.29 is 14.7 Å². The van der Waals surface area contributed by atoms with Crippen molar-refractivity contribution >= 4 is 17.4 Å². The van der Waals surface area contributed by atoms with Gasteiger partial charge in [0.05, 0.1) is 12.2 Å². The molecule has 1 aromatic rings.